The molecule has 0 saturated heterocycles. The molecule has 0 atom stereocenters. The van der Waals surface area contributed by atoms with E-state index >= 15 is 0 Å². The Balaban J connectivity index is 1.47. The maximum Gasteiger partial charge on any atom is 0.234 e. The Kier molecular flexibility index (Phi) is 8.38. The normalized spacial score (nSPS) is 10.6. The minimum atomic E-state index is -0.231. The molecule has 1 aromatic heterocycles. The number of aromatic nitrogens is 3. The third kappa shape index (κ3) is 6.88. The van der Waals surface area contributed by atoms with Crippen LogP contribution in [0.4, 0.5) is 5.69 Å². The third-order valence-electron chi connectivity index (χ3n) is 4.37. The van der Waals surface area contributed by atoms with Crippen LogP contribution in [0.15, 0.2) is 47.6 Å². The van der Waals surface area contributed by atoms with Crippen molar-refractivity contribution in [2.24, 2.45) is 7.05 Å². The maximum absolute atomic E-state index is 12.2. The number of hydrogen-bond donors (Lipinski definition) is 2. The summed E-state index contributed by atoms with van der Waals surface area (Å²) in [6.07, 6.45) is 0.247. The van der Waals surface area contributed by atoms with Gasteiger partial charge in [-0.2, -0.15) is 0 Å². The third-order valence-corrected chi connectivity index (χ3v) is 5.83. The number of thioether (sulfide) groups is 1. The first kappa shape index (κ1) is 23.9. The van der Waals surface area contributed by atoms with Crippen LogP contribution in [0, 0.1) is 0 Å². The highest BCUT2D eigenvalue weighted by molar-refractivity contribution is 7.99. The largest absolute Gasteiger partial charge is 0.497 e. The topological polar surface area (TPSA) is 98.1 Å². The van der Waals surface area contributed by atoms with Gasteiger partial charge in [-0.25, -0.2) is 0 Å². The molecular weight excluding hydrogens is 473 g/mol. The number of carbonyl (C=O) groups is 2. The van der Waals surface area contributed by atoms with Crippen LogP contribution < -0.4 is 15.4 Å². The van der Waals surface area contributed by atoms with Crippen molar-refractivity contribution in [1.29, 1.82) is 0 Å². The first-order chi connectivity index (χ1) is 15.3. The second kappa shape index (κ2) is 11.2. The molecule has 0 fully saturated rings. The quantitative estimate of drug-likeness (QED) is 0.440. The van der Waals surface area contributed by atoms with Gasteiger partial charge in [-0.05, 0) is 35.9 Å². The van der Waals surface area contributed by atoms with Crippen molar-refractivity contribution in [3.8, 4) is 5.75 Å². The number of nitrogens with zero attached hydrogens (tertiary/aromatic N) is 3. The number of anilines is 1. The average molecular weight is 494 g/mol. The van der Waals surface area contributed by atoms with Gasteiger partial charge >= 0.3 is 0 Å². The summed E-state index contributed by atoms with van der Waals surface area (Å²) in [5, 5.41) is 15.2. The lowest BCUT2D eigenvalue weighted by Gasteiger charge is -2.07. The van der Waals surface area contributed by atoms with Gasteiger partial charge in [-0.1, -0.05) is 47.1 Å². The Bertz CT molecular complexity index is 1090. The second-order valence-corrected chi connectivity index (χ2v) is 8.57. The summed E-state index contributed by atoms with van der Waals surface area (Å²) in [6, 6.07) is 12.1. The fraction of sp³-hybridized carbons (Fsp3) is 0.238. The minimum Gasteiger partial charge on any atom is -0.497 e. The van der Waals surface area contributed by atoms with E-state index in [1.54, 1.807) is 36.9 Å². The van der Waals surface area contributed by atoms with E-state index in [2.05, 4.69) is 20.8 Å². The highest BCUT2D eigenvalue weighted by Gasteiger charge is 2.13. The molecule has 1 heterocycles. The van der Waals surface area contributed by atoms with Crippen LogP contribution >= 0.6 is 35.0 Å². The number of benzene rings is 2. The van der Waals surface area contributed by atoms with E-state index in [1.165, 1.54) is 11.8 Å². The van der Waals surface area contributed by atoms with Crippen LogP contribution in [-0.4, -0.2) is 39.4 Å². The van der Waals surface area contributed by atoms with Gasteiger partial charge in [-0.3, -0.25) is 9.59 Å². The van der Waals surface area contributed by atoms with Gasteiger partial charge in [0.15, 0.2) is 11.0 Å². The van der Waals surface area contributed by atoms with Crippen LogP contribution in [0.25, 0.3) is 0 Å². The number of carbonyl (C=O) groups excluding carboxylic acids is 2. The predicted octanol–water partition coefficient (Wildman–Crippen LogP) is 3.72. The van der Waals surface area contributed by atoms with E-state index in [1.807, 2.05) is 24.3 Å². The number of rotatable bonds is 9. The predicted molar refractivity (Wildman–Crippen MR) is 125 cm³/mol. The van der Waals surface area contributed by atoms with E-state index in [0.29, 0.717) is 26.7 Å². The number of amides is 2. The van der Waals surface area contributed by atoms with Crippen molar-refractivity contribution < 1.29 is 14.3 Å². The van der Waals surface area contributed by atoms with Gasteiger partial charge in [0.05, 0.1) is 25.8 Å². The lowest BCUT2D eigenvalue weighted by Crippen LogP contribution is -2.26. The van der Waals surface area contributed by atoms with Crippen LogP contribution in [0.5, 0.6) is 5.75 Å². The SMILES string of the molecule is COc1ccc(CC(=O)NCc2nnc(SCC(=O)Nc3cc(Cl)cc(Cl)c3)n2C)cc1. The zero-order chi connectivity index (χ0) is 23.1. The van der Waals surface area contributed by atoms with Crippen LogP contribution in [-0.2, 0) is 29.6 Å². The lowest BCUT2D eigenvalue weighted by molar-refractivity contribution is -0.120. The van der Waals surface area contributed by atoms with Gasteiger partial charge in [0.25, 0.3) is 0 Å². The zero-order valence-electron chi connectivity index (χ0n) is 17.4. The number of ether oxygens (including phenoxy) is 1. The summed E-state index contributed by atoms with van der Waals surface area (Å²) < 4.78 is 6.85. The molecule has 0 aliphatic carbocycles. The van der Waals surface area contributed by atoms with Crippen molar-refractivity contribution in [2.75, 3.05) is 18.2 Å². The van der Waals surface area contributed by atoms with E-state index in [4.69, 9.17) is 27.9 Å². The molecule has 0 saturated carbocycles. The standard InChI is InChI=1S/C21H21Cl2N5O3S/c1-28-18(11-24-19(29)7-13-3-5-17(31-2)6-4-13)26-27-21(28)32-12-20(30)25-16-9-14(22)8-15(23)10-16/h3-6,8-10H,7,11-12H2,1-2H3,(H,24,29)(H,25,30). The smallest absolute Gasteiger partial charge is 0.234 e. The van der Waals surface area contributed by atoms with Crippen LogP contribution in [0.2, 0.25) is 10.0 Å². The molecule has 11 heteroatoms. The molecule has 2 amide bonds. The molecule has 0 bridgehead atoms. The summed E-state index contributed by atoms with van der Waals surface area (Å²) in [7, 11) is 3.37. The molecule has 8 nitrogen and oxygen atoms in total. The Labute approximate surface area is 199 Å². The van der Waals surface area contributed by atoms with Gasteiger partial charge in [0.1, 0.15) is 5.75 Å². The molecule has 168 valence electrons. The Hall–Kier alpha value is -2.75. The van der Waals surface area contributed by atoms with Crippen LogP contribution in [0.1, 0.15) is 11.4 Å². The molecule has 32 heavy (non-hydrogen) atoms. The summed E-state index contributed by atoms with van der Waals surface area (Å²) in [4.78, 5) is 24.4. The summed E-state index contributed by atoms with van der Waals surface area (Å²) in [6.45, 7) is 0.228. The van der Waals surface area contributed by atoms with Crippen LogP contribution in [0.3, 0.4) is 0 Å². The molecule has 0 aliphatic heterocycles. The number of halogens is 2. The Morgan fingerprint density at radius 2 is 1.75 bits per heavy atom. The summed E-state index contributed by atoms with van der Waals surface area (Å²) >= 11 is 13.1. The molecule has 3 rings (SSSR count). The van der Waals surface area contributed by atoms with E-state index in [0.717, 1.165) is 11.3 Å². The van der Waals surface area contributed by atoms with Crippen molar-refractivity contribution in [3.05, 3.63) is 63.9 Å². The Morgan fingerprint density at radius 3 is 2.41 bits per heavy atom. The van der Waals surface area contributed by atoms with E-state index in [-0.39, 0.29) is 30.5 Å². The molecule has 0 spiro atoms. The van der Waals surface area contributed by atoms with Gasteiger partial charge < -0.3 is 19.9 Å². The molecule has 2 N–H and O–H groups in total. The first-order valence-corrected chi connectivity index (χ1v) is 11.2. The average Bonchev–Trinajstić information content (AvgIpc) is 3.10. The van der Waals surface area contributed by atoms with E-state index < -0.39 is 0 Å². The minimum absolute atomic E-state index is 0.125. The molecule has 0 aliphatic rings. The van der Waals surface area contributed by atoms with Crippen molar-refractivity contribution in [2.45, 2.75) is 18.1 Å². The fourth-order valence-electron chi connectivity index (χ4n) is 2.75. The highest BCUT2D eigenvalue weighted by Crippen LogP contribution is 2.23. The van der Waals surface area contributed by atoms with Crippen molar-refractivity contribution in [1.82, 2.24) is 20.1 Å². The molecular formula is C21H21Cl2N5O3S. The number of methoxy groups -OCH3 is 1. The number of hydrogen-bond acceptors (Lipinski definition) is 6. The van der Waals surface area contributed by atoms with Crippen molar-refractivity contribution in [3.63, 3.8) is 0 Å². The molecule has 3 aromatic rings. The highest BCUT2D eigenvalue weighted by atomic mass is 35.5. The monoisotopic (exact) mass is 493 g/mol. The maximum atomic E-state index is 12.2. The lowest BCUT2D eigenvalue weighted by atomic mass is 10.1. The van der Waals surface area contributed by atoms with E-state index in [9.17, 15) is 9.59 Å². The summed E-state index contributed by atoms with van der Waals surface area (Å²) in [5.74, 6) is 1.08. The van der Waals surface area contributed by atoms with Gasteiger partial charge in [0, 0.05) is 22.8 Å². The fourth-order valence-corrected chi connectivity index (χ4v) is 4.00. The van der Waals surface area contributed by atoms with Gasteiger partial charge in [-0.15, -0.1) is 10.2 Å². The molecule has 0 unspecified atom stereocenters. The zero-order valence-corrected chi connectivity index (χ0v) is 19.7. The molecule has 2 aromatic carbocycles. The van der Waals surface area contributed by atoms with Crippen molar-refractivity contribution >= 4 is 52.5 Å². The first-order valence-electron chi connectivity index (χ1n) is 9.50. The number of nitrogens with one attached hydrogen (secondary N) is 2. The second-order valence-electron chi connectivity index (χ2n) is 6.75. The summed E-state index contributed by atoms with van der Waals surface area (Å²) in [5.41, 5.74) is 1.40. The Morgan fingerprint density at radius 1 is 1.06 bits per heavy atom. The molecule has 0 radical (unpaired) electrons. The van der Waals surface area contributed by atoms with Gasteiger partial charge in [0.2, 0.25) is 11.8 Å².